The van der Waals surface area contributed by atoms with Crippen LogP contribution in [0.3, 0.4) is 0 Å². The molecule has 0 spiro atoms. The maximum absolute atomic E-state index is 7.84. The molecule has 0 saturated carbocycles. The summed E-state index contributed by atoms with van der Waals surface area (Å²) in [5.74, 6) is 0. The van der Waals surface area contributed by atoms with Crippen molar-refractivity contribution in [1.82, 2.24) is 0 Å². The SMILES string of the molecule is [2H]c1c([2H])c([2H])c(B2OCC(C)(C)CO2)c([2H])c1[2H]. The first-order chi connectivity index (χ1) is 8.74. The zero-order valence-electron chi connectivity index (χ0n) is 13.3. The average Bonchev–Trinajstić information content (AvgIpc) is 2.36. The van der Waals surface area contributed by atoms with Gasteiger partial charge in [0.05, 0.1) is 6.85 Å². The highest BCUT2D eigenvalue weighted by Gasteiger charge is 2.32. The minimum atomic E-state index is -0.901. The normalized spacial score (nSPS) is 25.9. The first kappa shape index (κ1) is 5.33. The molecule has 0 atom stereocenters. The molecule has 0 N–H and O–H groups in total. The fourth-order valence-electron chi connectivity index (χ4n) is 1.24. The van der Waals surface area contributed by atoms with E-state index in [-0.39, 0.29) is 35.0 Å². The summed E-state index contributed by atoms with van der Waals surface area (Å²) in [4.78, 5) is 0. The second kappa shape index (κ2) is 3.75. The Balaban J connectivity index is 2.41. The highest BCUT2D eigenvalue weighted by Crippen LogP contribution is 2.21. The molecule has 0 bridgehead atoms. The quantitative estimate of drug-likeness (QED) is 0.631. The lowest BCUT2D eigenvalue weighted by molar-refractivity contribution is 0.0343. The predicted octanol–water partition coefficient (Wildman–Crippen LogP) is 1.45. The Bertz CT molecular complexity index is 481. The maximum atomic E-state index is 7.84. The molecule has 1 aromatic rings. The Labute approximate surface area is 92.4 Å². The van der Waals surface area contributed by atoms with Crippen LogP contribution in [0.1, 0.15) is 20.7 Å². The van der Waals surface area contributed by atoms with Crippen LogP contribution in [-0.2, 0) is 9.31 Å². The van der Waals surface area contributed by atoms with Crippen LogP contribution in [-0.4, -0.2) is 20.3 Å². The summed E-state index contributed by atoms with van der Waals surface area (Å²) < 4.78 is 49.4. The first-order valence-electron chi connectivity index (χ1n) is 7.04. The van der Waals surface area contributed by atoms with Gasteiger partial charge in [0, 0.05) is 18.6 Å². The molecule has 0 aromatic heterocycles. The average molecular weight is 195 g/mol. The van der Waals surface area contributed by atoms with Gasteiger partial charge in [-0.1, -0.05) is 44.1 Å². The molecule has 2 rings (SSSR count). The van der Waals surface area contributed by atoms with Crippen LogP contribution in [0.2, 0.25) is 0 Å². The molecule has 2 nitrogen and oxygen atoms in total. The monoisotopic (exact) mass is 195 g/mol. The molecule has 1 fully saturated rings. The van der Waals surface area contributed by atoms with Crippen molar-refractivity contribution < 1.29 is 16.2 Å². The van der Waals surface area contributed by atoms with Gasteiger partial charge in [0.15, 0.2) is 0 Å². The number of rotatable bonds is 1. The lowest BCUT2D eigenvalue weighted by Gasteiger charge is -2.33. The molecule has 1 aliphatic rings. The third-order valence-electron chi connectivity index (χ3n) is 2.01. The van der Waals surface area contributed by atoms with Gasteiger partial charge < -0.3 is 9.31 Å². The van der Waals surface area contributed by atoms with E-state index in [2.05, 4.69) is 0 Å². The third kappa shape index (κ3) is 2.17. The lowest BCUT2D eigenvalue weighted by atomic mass is 9.76. The van der Waals surface area contributed by atoms with Crippen molar-refractivity contribution in [3.05, 3.63) is 30.2 Å². The van der Waals surface area contributed by atoms with Crippen molar-refractivity contribution in [1.29, 1.82) is 0 Å². The van der Waals surface area contributed by atoms with Crippen LogP contribution < -0.4 is 5.46 Å². The van der Waals surface area contributed by atoms with Crippen LogP contribution in [0.4, 0.5) is 0 Å². The maximum Gasteiger partial charge on any atom is 0.493 e. The van der Waals surface area contributed by atoms with E-state index in [4.69, 9.17) is 16.2 Å². The van der Waals surface area contributed by atoms with Gasteiger partial charge in [0.25, 0.3) is 0 Å². The summed E-state index contributed by atoms with van der Waals surface area (Å²) in [6.45, 7) is 4.79. The first-order valence-corrected chi connectivity index (χ1v) is 4.54. The fourth-order valence-corrected chi connectivity index (χ4v) is 1.24. The van der Waals surface area contributed by atoms with E-state index in [9.17, 15) is 0 Å². The molecule has 3 heteroatoms. The van der Waals surface area contributed by atoms with Gasteiger partial charge in [-0.05, 0) is 5.46 Å². The second-order valence-electron chi connectivity index (χ2n) is 4.16. The van der Waals surface area contributed by atoms with Gasteiger partial charge >= 0.3 is 7.12 Å². The Morgan fingerprint density at radius 1 is 1.21 bits per heavy atom. The number of hydrogen-bond donors (Lipinski definition) is 0. The summed E-state index contributed by atoms with van der Waals surface area (Å²) in [7, 11) is -0.901. The largest absolute Gasteiger partial charge is 0.493 e. The molecule has 1 heterocycles. The van der Waals surface area contributed by atoms with Gasteiger partial charge in [0.2, 0.25) is 0 Å². The van der Waals surface area contributed by atoms with E-state index < -0.39 is 13.2 Å². The summed E-state index contributed by atoms with van der Waals surface area (Å²) in [6.07, 6.45) is 0. The molecule has 0 aliphatic carbocycles. The van der Waals surface area contributed by atoms with Crippen molar-refractivity contribution in [2.45, 2.75) is 13.8 Å². The molecular formula is C11H15BO2. The van der Waals surface area contributed by atoms with Gasteiger partial charge in [-0.25, -0.2) is 0 Å². The van der Waals surface area contributed by atoms with Crippen LogP contribution in [0.25, 0.3) is 0 Å². The lowest BCUT2D eigenvalue weighted by Crippen LogP contribution is -2.47. The highest BCUT2D eigenvalue weighted by molar-refractivity contribution is 6.61. The molecule has 74 valence electrons. The Morgan fingerprint density at radius 3 is 2.36 bits per heavy atom. The van der Waals surface area contributed by atoms with Crippen molar-refractivity contribution in [2.75, 3.05) is 13.2 Å². The summed E-state index contributed by atoms with van der Waals surface area (Å²) >= 11 is 0. The van der Waals surface area contributed by atoms with Gasteiger partial charge in [-0.3, -0.25) is 0 Å². The van der Waals surface area contributed by atoms with E-state index in [1.54, 1.807) is 0 Å². The smallest absolute Gasteiger partial charge is 0.407 e. The Morgan fingerprint density at radius 2 is 1.79 bits per heavy atom. The topological polar surface area (TPSA) is 18.5 Å². The fraction of sp³-hybridized carbons (Fsp3) is 0.455. The minimum Gasteiger partial charge on any atom is -0.407 e. The standard InChI is InChI=1S/C11H15BO2/c1-11(2)8-13-12(14-9-11)10-6-4-3-5-7-10/h3-7H,8-9H2,1-2H3/i3D,4D,5D,6D,7D. The van der Waals surface area contributed by atoms with E-state index in [1.165, 1.54) is 0 Å². The van der Waals surface area contributed by atoms with E-state index in [1.807, 2.05) is 13.8 Å². The third-order valence-corrected chi connectivity index (χ3v) is 2.01. The molecule has 0 radical (unpaired) electrons. The van der Waals surface area contributed by atoms with Crippen molar-refractivity contribution >= 4 is 12.6 Å². The van der Waals surface area contributed by atoms with Crippen molar-refractivity contribution in [2.24, 2.45) is 5.41 Å². The molecule has 1 aliphatic heterocycles. The zero-order chi connectivity index (χ0) is 14.4. The minimum absolute atomic E-state index is 0.0708. The highest BCUT2D eigenvalue weighted by atomic mass is 16.6. The summed E-state index contributed by atoms with van der Waals surface area (Å²) in [6, 6.07) is -1.68. The van der Waals surface area contributed by atoms with Crippen LogP contribution in [0.5, 0.6) is 0 Å². The van der Waals surface area contributed by atoms with E-state index in [0.717, 1.165) is 0 Å². The van der Waals surface area contributed by atoms with Crippen LogP contribution in [0.15, 0.2) is 30.2 Å². The van der Waals surface area contributed by atoms with E-state index >= 15 is 0 Å². The second-order valence-corrected chi connectivity index (χ2v) is 4.16. The Kier molecular flexibility index (Phi) is 1.43. The number of hydrogen-bond acceptors (Lipinski definition) is 2. The van der Waals surface area contributed by atoms with Gasteiger partial charge in [0.1, 0.15) is 0 Å². The molecule has 0 unspecified atom stereocenters. The summed E-state index contributed by atoms with van der Waals surface area (Å²) in [5.41, 5.74) is -0.0643. The molecule has 14 heavy (non-hydrogen) atoms. The number of benzene rings is 1. The van der Waals surface area contributed by atoms with Crippen molar-refractivity contribution in [3.8, 4) is 0 Å². The molecule has 1 aromatic carbocycles. The van der Waals surface area contributed by atoms with Crippen molar-refractivity contribution in [3.63, 3.8) is 0 Å². The molecule has 1 saturated heterocycles. The summed E-state index contributed by atoms with van der Waals surface area (Å²) in [5, 5.41) is 0. The van der Waals surface area contributed by atoms with Gasteiger partial charge in [-0.15, -0.1) is 0 Å². The Hall–Kier alpha value is -0.795. The molecular weight excluding hydrogens is 175 g/mol. The van der Waals surface area contributed by atoms with Crippen LogP contribution in [0, 0.1) is 5.41 Å². The van der Waals surface area contributed by atoms with Crippen LogP contribution >= 0.6 is 0 Å². The molecule has 0 amide bonds. The van der Waals surface area contributed by atoms with Gasteiger partial charge in [-0.2, -0.15) is 0 Å². The zero-order valence-corrected chi connectivity index (χ0v) is 8.31. The van der Waals surface area contributed by atoms with E-state index in [0.29, 0.717) is 13.2 Å². The predicted molar refractivity (Wildman–Crippen MR) is 57.5 cm³/mol.